The van der Waals surface area contributed by atoms with Gasteiger partial charge < -0.3 is 4.57 Å². The van der Waals surface area contributed by atoms with Gasteiger partial charge in [-0.25, -0.2) is 15.0 Å². The molecule has 0 aliphatic rings. The van der Waals surface area contributed by atoms with Gasteiger partial charge in [0, 0.05) is 24.8 Å². The van der Waals surface area contributed by atoms with E-state index in [0.29, 0.717) is 15.9 Å². The Balaban J connectivity index is 2.04. The van der Waals surface area contributed by atoms with Crippen LogP contribution in [-0.2, 0) is 12.7 Å². The number of hydrogen-bond donors (Lipinski definition) is 0. The zero-order valence-electron chi connectivity index (χ0n) is 11.8. The van der Waals surface area contributed by atoms with Gasteiger partial charge >= 0.3 is 6.18 Å². The van der Waals surface area contributed by atoms with Gasteiger partial charge in [-0.2, -0.15) is 13.2 Å². The van der Waals surface area contributed by atoms with Gasteiger partial charge in [0.15, 0.2) is 11.5 Å². The Hall–Kier alpha value is -2.19. The third kappa shape index (κ3) is 3.65. The highest BCUT2D eigenvalue weighted by Gasteiger charge is 2.35. The Morgan fingerprint density at radius 2 is 1.62 bits per heavy atom. The van der Waals surface area contributed by atoms with Gasteiger partial charge in [-0.05, 0) is 12.1 Å². The minimum absolute atomic E-state index is 0.0140. The molecule has 0 N–H and O–H groups in total. The van der Waals surface area contributed by atoms with Crippen LogP contribution in [0.4, 0.5) is 13.2 Å². The zero-order valence-corrected chi connectivity index (χ0v) is 13.3. The van der Waals surface area contributed by atoms with E-state index in [1.54, 1.807) is 0 Å². The zero-order chi connectivity index (χ0) is 17.3. The summed E-state index contributed by atoms with van der Waals surface area (Å²) in [4.78, 5) is 15.6. The number of aromatic nitrogens is 5. The molecule has 3 aromatic heterocycles. The molecule has 0 aromatic carbocycles. The van der Waals surface area contributed by atoms with Crippen molar-refractivity contribution in [3.63, 3.8) is 0 Å². The third-order valence-electron chi connectivity index (χ3n) is 3.01. The van der Waals surface area contributed by atoms with Crippen molar-refractivity contribution in [2.75, 3.05) is 0 Å². The molecular formula is C14H8Cl2F3N5. The van der Waals surface area contributed by atoms with Crippen molar-refractivity contribution in [1.82, 2.24) is 24.5 Å². The van der Waals surface area contributed by atoms with E-state index in [1.807, 2.05) is 0 Å². The Morgan fingerprint density at radius 1 is 0.958 bits per heavy atom. The van der Waals surface area contributed by atoms with Gasteiger partial charge in [0.05, 0.1) is 16.6 Å². The van der Waals surface area contributed by atoms with Crippen LogP contribution in [0.2, 0.25) is 10.0 Å². The van der Waals surface area contributed by atoms with E-state index in [9.17, 15) is 13.2 Å². The van der Waals surface area contributed by atoms with Crippen LogP contribution in [0.15, 0.2) is 36.9 Å². The summed E-state index contributed by atoms with van der Waals surface area (Å²) in [6.07, 6.45) is 0.385. The molecule has 5 nitrogen and oxygen atoms in total. The van der Waals surface area contributed by atoms with Crippen molar-refractivity contribution < 1.29 is 13.2 Å². The van der Waals surface area contributed by atoms with E-state index in [-0.39, 0.29) is 18.1 Å². The fourth-order valence-corrected chi connectivity index (χ4v) is 2.17. The molecule has 3 aromatic rings. The molecule has 3 rings (SSSR count). The van der Waals surface area contributed by atoms with Crippen molar-refractivity contribution in [2.45, 2.75) is 12.7 Å². The summed E-state index contributed by atoms with van der Waals surface area (Å²) in [7, 11) is 0. The number of pyridine rings is 1. The first kappa shape index (κ1) is 16.7. The van der Waals surface area contributed by atoms with E-state index in [2.05, 4.69) is 19.9 Å². The summed E-state index contributed by atoms with van der Waals surface area (Å²) in [6.45, 7) is -0.0140. The third-order valence-corrected chi connectivity index (χ3v) is 3.43. The lowest BCUT2D eigenvalue weighted by molar-refractivity contribution is -0.140. The van der Waals surface area contributed by atoms with Crippen molar-refractivity contribution in [2.24, 2.45) is 0 Å². The highest BCUT2D eigenvalue weighted by Crippen LogP contribution is 2.31. The molecule has 24 heavy (non-hydrogen) atoms. The van der Waals surface area contributed by atoms with Gasteiger partial charge in [0.1, 0.15) is 11.5 Å². The number of nitrogens with zero attached hydrogens (tertiary/aromatic N) is 5. The molecule has 0 fully saturated rings. The number of halogens is 5. The maximum absolute atomic E-state index is 13.0. The Morgan fingerprint density at radius 3 is 2.21 bits per heavy atom. The first-order valence-electron chi connectivity index (χ1n) is 6.55. The minimum atomic E-state index is -4.58. The lowest BCUT2D eigenvalue weighted by atomic mass is 10.3. The van der Waals surface area contributed by atoms with Crippen LogP contribution in [0.25, 0.3) is 11.5 Å². The van der Waals surface area contributed by atoms with E-state index in [4.69, 9.17) is 23.2 Å². The lowest BCUT2D eigenvalue weighted by Crippen LogP contribution is -2.06. The molecule has 0 atom stereocenters. The van der Waals surface area contributed by atoms with Crippen molar-refractivity contribution in [3.05, 3.63) is 58.5 Å². The standard InChI is InChI=1S/C14H8Cl2F3N5/c15-8-1-2-10(20-3-8)13-23-11(14(17,18)19)6-24(13)7-12-21-4-9(16)5-22-12/h1-6H,7H2. The maximum atomic E-state index is 13.0. The highest BCUT2D eigenvalue weighted by atomic mass is 35.5. The molecule has 3 heterocycles. The van der Waals surface area contributed by atoms with Crippen LogP contribution in [0.5, 0.6) is 0 Å². The molecule has 0 aliphatic heterocycles. The van der Waals surface area contributed by atoms with Gasteiger partial charge in [-0.1, -0.05) is 23.2 Å². The first-order valence-corrected chi connectivity index (χ1v) is 7.31. The maximum Gasteiger partial charge on any atom is 0.434 e. The van der Waals surface area contributed by atoms with E-state index < -0.39 is 11.9 Å². The SMILES string of the molecule is FC(F)(F)c1cn(Cc2ncc(Cl)cn2)c(-c2ccc(Cl)cn2)n1. The quantitative estimate of drug-likeness (QED) is 0.693. The summed E-state index contributed by atoms with van der Waals surface area (Å²) in [5.41, 5.74) is -0.771. The average molecular weight is 374 g/mol. The second kappa shape index (κ2) is 6.37. The summed E-state index contributed by atoms with van der Waals surface area (Å²) in [5, 5.41) is 0.703. The first-order chi connectivity index (χ1) is 11.3. The highest BCUT2D eigenvalue weighted by molar-refractivity contribution is 6.30. The Bertz CT molecular complexity index is 844. The van der Waals surface area contributed by atoms with Gasteiger partial charge in [-0.3, -0.25) is 4.98 Å². The molecule has 10 heteroatoms. The number of alkyl halides is 3. The smallest absolute Gasteiger partial charge is 0.321 e. The van der Waals surface area contributed by atoms with Gasteiger partial charge in [0.25, 0.3) is 0 Å². The largest absolute Gasteiger partial charge is 0.434 e. The Labute approximate surface area is 144 Å². The average Bonchev–Trinajstić information content (AvgIpc) is 2.94. The van der Waals surface area contributed by atoms with E-state index in [0.717, 1.165) is 6.20 Å². The molecule has 0 amide bonds. The molecular weight excluding hydrogens is 366 g/mol. The van der Waals surface area contributed by atoms with Crippen LogP contribution in [0, 0.1) is 0 Å². The van der Waals surface area contributed by atoms with Crippen LogP contribution in [0.1, 0.15) is 11.5 Å². The fourth-order valence-electron chi connectivity index (χ4n) is 1.96. The predicted octanol–water partition coefficient (Wildman–Crippen LogP) is 4.11. The summed E-state index contributed by atoms with van der Waals surface area (Å²) in [5.74, 6) is 0.332. The molecule has 0 saturated carbocycles. The minimum Gasteiger partial charge on any atom is -0.321 e. The van der Waals surface area contributed by atoms with Crippen molar-refractivity contribution >= 4 is 23.2 Å². The fraction of sp³-hybridized carbons (Fsp3) is 0.143. The lowest BCUT2D eigenvalue weighted by Gasteiger charge is -2.06. The topological polar surface area (TPSA) is 56.5 Å². The van der Waals surface area contributed by atoms with Crippen LogP contribution in [-0.4, -0.2) is 24.5 Å². The second-order valence-electron chi connectivity index (χ2n) is 4.75. The van der Waals surface area contributed by atoms with Crippen molar-refractivity contribution in [3.8, 4) is 11.5 Å². The monoisotopic (exact) mass is 373 g/mol. The predicted molar refractivity (Wildman–Crippen MR) is 81.6 cm³/mol. The molecule has 124 valence electrons. The van der Waals surface area contributed by atoms with Crippen LogP contribution in [0.3, 0.4) is 0 Å². The van der Waals surface area contributed by atoms with Crippen LogP contribution >= 0.6 is 23.2 Å². The molecule has 0 spiro atoms. The Kier molecular flexibility index (Phi) is 4.42. The normalized spacial score (nSPS) is 11.7. The second-order valence-corrected chi connectivity index (χ2v) is 5.63. The molecule has 0 aliphatic carbocycles. The van der Waals surface area contributed by atoms with Crippen molar-refractivity contribution in [1.29, 1.82) is 0 Å². The molecule has 0 radical (unpaired) electrons. The molecule has 0 bridgehead atoms. The molecule has 0 unspecified atom stereocenters. The summed E-state index contributed by atoms with van der Waals surface area (Å²) < 4.78 is 40.2. The summed E-state index contributed by atoms with van der Waals surface area (Å²) in [6, 6.07) is 3.01. The summed E-state index contributed by atoms with van der Waals surface area (Å²) >= 11 is 11.5. The number of rotatable bonds is 3. The van der Waals surface area contributed by atoms with E-state index in [1.165, 1.54) is 35.3 Å². The van der Waals surface area contributed by atoms with E-state index >= 15 is 0 Å². The number of imidazole rings is 1. The molecule has 0 saturated heterocycles. The van der Waals surface area contributed by atoms with Gasteiger partial charge in [-0.15, -0.1) is 0 Å². The van der Waals surface area contributed by atoms with Crippen LogP contribution < -0.4 is 0 Å². The number of hydrogen-bond acceptors (Lipinski definition) is 4. The van der Waals surface area contributed by atoms with Gasteiger partial charge in [0.2, 0.25) is 0 Å².